The lowest BCUT2D eigenvalue weighted by molar-refractivity contribution is -0.131. The zero-order valence-electron chi connectivity index (χ0n) is 13.1. The molecule has 0 aliphatic carbocycles. The minimum absolute atomic E-state index is 0.0772. The second-order valence-corrected chi connectivity index (χ2v) is 6.73. The highest BCUT2D eigenvalue weighted by Gasteiger charge is 2.15. The van der Waals surface area contributed by atoms with Gasteiger partial charge in [-0.25, -0.2) is 9.00 Å². The topological polar surface area (TPSA) is 73.6 Å². The summed E-state index contributed by atoms with van der Waals surface area (Å²) in [6.45, 7) is 3.18. The molecule has 1 unspecified atom stereocenters. The van der Waals surface area contributed by atoms with Crippen LogP contribution < -0.4 is 10.4 Å². The molecule has 3 rings (SSSR count). The second-order valence-electron chi connectivity index (χ2n) is 5.28. The van der Waals surface area contributed by atoms with Crippen LogP contribution in [-0.2, 0) is 15.6 Å². The van der Waals surface area contributed by atoms with Crippen molar-refractivity contribution >= 4 is 27.7 Å². The lowest BCUT2D eigenvalue weighted by Crippen LogP contribution is -2.09. The zero-order valence-corrected chi connectivity index (χ0v) is 13.9. The van der Waals surface area contributed by atoms with Crippen LogP contribution in [0.25, 0.3) is 11.0 Å². The number of fused-ring (bicyclic) bond motifs is 1. The van der Waals surface area contributed by atoms with Crippen molar-refractivity contribution < 1.29 is 18.2 Å². The molecule has 122 valence electrons. The number of esters is 1. The molecule has 5 nitrogen and oxygen atoms in total. The number of hydrogen-bond donors (Lipinski definition) is 0. The Balaban J connectivity index is 2.06. The predicted molar refractivity (Wildman–Crippen MR) is 89.6 cm³/mol. The smallest absolute Gasteiger partial charge is 0.353 e. The Morgan fingerprint density at radius 2 is 1.92 bits per heavy atom. The summed E-state index contributed by atoms with van der Waals surface area (Å²) in [4.78, 5) is 23.8. The van der Waals surface area contributed by atoms with Gasteiger partial charge in [-0.1, -0.05) is 12.1 Å². The third-order valence-electron chi connectivity index (χ3n) is 3.34. The third kappa shape index (κ3) is 3.28. The Bertz CT molecular complexity index is 1020. The summed E-state index contributed by atoms with van der Waals surface area (Å²) in [7, 11) is -1.63. The molecule has 0 bridgehead atoms. The molecule has 0 radical (unpaired) electrons. The molecule has 1 atom stereocenters. The van der Waals surface area contributed by atoms with Crippen LogP contribution in [0.3, 0.4) is 0 Å². The van der Waals surface area contributed by atoms with Crippen LogP contribution in [0.15, 0.2) is 67.5 Å². The Morgan fingerprint density at radius 3 is 2.62 bits per heavy atom. The number of benzene rings is 2. The predicted octanol–water partition coefficient (Wildman–Crippen LogP) is 3.19. The van der Waals surface area contributed by atoms with Crippen LogP contribution in [0.4, 0.5) is 0 Å². The van der Waals surface area contributed by atoms with E-state index < -0.39 is 22.4 Å². The number of rotatable bonds is 3. The van der Waals surface area contributed by atoms with Gasteiger partial charge in [0.2, 0.25) is 0 Å². The summed E-state index contributed by atoms with van der Waals surface area (Å²) in [5.41, 5.74) is 0.545. The van der Waals surface area contributed by atoms with Crippen molar-refractivity contribution in [2.24, 2.45) is 0 Å². The molecule has 0 N–H and O–H groups in total. The number of hydrogen-bond acceptors (Lipinski definition) is 5. The minimum atomic E-state index is -1.63. The zero-order chi connectivity index (χ0) is 17.3. The molecule has 6 heteroatoms. The van der Waals surface area contributed by atoms with Crippen LogP contribution in [0.1, 0.15) is 12.5 Å². The summed E-state index contributed by atoms with van der Waals surface area (Å²) in [6.07, 6.45) is 0. The Morgan fingerprint density at radius 1 is 1.12 bits per heavy atom. The molecular weight excluding hydrogens is 328 g/mol. The van der Waals surface area contributed by atoms with Gasteiger partial charge in [-0.15, -0.1) is 0 Å². The molecule has 0 aliphatic heterocycles. The molecular formula is C18H14O5S. The fourth-order valence-electron chi connectivity index (χ4n) is 2.29. The van der Waals surface area contributed by atoms with E-state index in [9.17, 15) is 13.8 Å². The molecule has 24 heavy (non-hydrogen) atoms. The minimum Gasteiger partial charge on any atom is -0.427 e. The van der Waals surface area contributed by atoms with Crippen molar-refractivity contribution in [1.29, 1.82) is 0 Å². The van der Waals surface area contributed by atoms with Crippen molar-refractivity contribution in [3.63, 3.8) is 0 Å². The maximum absolute atomic E-state index is 12.7. The first-order chi connectivity index (χ1) is 11.4. The Labute approximate surface area is 140 Å². The second kappa shape index (κ2) is 6.41. The molecule has 1 aromatic heterocycles. The first-order valence-electron chi connectivity index (χ1n) is 7.19. The van der Waals surface area contributed by atoms with Gasteiger partial charge in [0.15, 0.2) is 0 Å². The largest absolute Gasteiger partial charge is 0.427 e. The summed E-state index contributed by atoms with van der Waals surface area (Å²) >= 11 is 0. The van der Waals surface area contributed by atoms with Gasteiger partial charge < -0.3 is 9.15 Å². The van der Waals surface area contributed by atoms with Crippen LogP contribution in [0, 0.1) is 6.92 Å². The number of carbonyl (C=O) groups excluding carboxylic acids is 1. The highest BCUT2D eigenvalue weighted by atomic mass is 32.2. The first kappa shape index (κ1) is 16.1. The van der Waals surface area contributed by atoms with E-state index in [1.165, 1.54) is 19.1 Å². The molecule has 0 aliphatic rings. The van der Waals surface area contributed by atoms with E-state index in [1.807, 2.05) is 13.0 Å². The maximum Gasteiger partial charge on any atom is 0.353 e. The normalized spacial score (nSPS) is 12.1. The highest BCUT2D eigenvalue weighted by Crippen LogP contribution is 2.23. The summed E-state index contributed by atoms with van der Waals surface area (Å²) < 4.78 is 22.9. The van der Waals surface area contributed by atoms with Crippen LogP contribution >= 0.6 is 0 Å². The van der Waals surface area contributed by atoms with E-state index in [-0.39, 0.29) is 16.2 Å². The molecule has 0 spiro atoms. The number of ether oxygens (including phenoxy) is 1. The van der Waals surface area contributed by atoms with E-state index >= 15 is 0 Å². The van der Waals surface area contributed by atoms with E-state index in [0.717, 1.165) is 5.56 Å². The van der Waals surface area contributed by atoms with Gasteiger partial charge >= 0.3 is 11.6 Å². The lowest BCUT2D eigenvalue weighted by atomic mass is 10.2. The SMILES string of the molecule is CC(=O)Oc1ccc2cc(S(=O)c3cccc(C)c3)c(=O)oc2c1. The first-order valence-corrected chi connectivity index (χ1v) is 8.34. The van der Waals surface area contributed by atoms with E-state index in [0.29, 0.717) is 10.3 Å². The molecule has 3 aromatic rings. The Hall–Kier alpha value is -2.73. The molecule has 1 heterocycles. The molecule has 0 saturated carbocycles. The quantitative estimate of drug-likeness (QED) is 0.415. The standard InChI is InChI=1S/C18H14O5S/c1-11-4-3-5-15(8-11)24(21)17-9-13-6-7-14(22-12(2)19)10-16(13)23-18(17)20/h3-10H,1-2H3. The lowest BCUT2D eigenvalue weighted by Gasteiger charge is -2.05. The van der Waals surface area contributed by atoms with Gasteiger partial charge in [0, 0.05) is 23.3 Å². The van der Waals surface area contributed by atoms with Crippen LogP contribution in [-0.4, -0.2) is 10.2 Å². The highest BCUT2D eigenvalue weighted by molar-refractivity contribution is 7.85. The average Bonchev–Trinajstić information content (AvgIpc) is 2.53. The fraction of sp³-hybridized carbons (Fsp3) is 0.111. The monoisotopic (exact) mass is 342 g/mol. The van der Waals surface area contributed by atoms with Gasteiger partial charge in [-0.3, -0.25) is 4.79 Å². The number of carbonyl (C=O) groups is 1. The summed E-state index contributed by atoms with van der Waals surface area (Å²) in [5, 5.41) is 0.599. The van der Waals surface area contributed by atoms with Crippen molar-refractivity contribution in [3.8, 4) is 5.75 Å². The van der Waals surface area contributed by atoms with Crippen molar-refractivity contribution in [1.82, 2.24) is 0 Å². The van der Waals surface area contributed by atoms with Crippen LogP contribution in [0.5, 0.6) is 5.75 Å². The Kier molecular flexibility index (Phi) is 4.31. The molecule has 0 fully saturated rings. The molecule has 2 aromatic carbocycles. The van der Waals surface area contributed by atoms with Crippen molar-refractivity contribution in [3.05, 3.63) is 64.5 Å². The van der Waals surface area contributed by atoms with Crippen LogP contribution in [0.2, 0.25) is 0 Å². The van der Waals surface area contributed by atoms with Gasteiger partial charge in [0.05, 0.1) is 10.8 Å². The molecule has 0 saturated heterocycles. The van der Waals surface area contributed by atoms with Gasteiger partial charge in [0.25, 0.3) is 0 Å². The van der Waals surface area contributed by atoms with Gasteiger partial charge in [-0.05, 0) is 42.8 Å². The van der Waals surface area contributed by atoms with Gasteiger partial charge in [-0.2, -0.15) is 0 Å². The summed E-state index contributed by atoms with van der Waals surface area (Å²) in [5.74, 6) is -0.181. The van der Waals surface area contributed by atoms with Gasteiger partial charge in [0.1, 0.15) is 16.2 Å². The van der Waals surface area contributed by atoms with E-state index in [2.05, 4.69) is 0 Å². The van der Waals surface area contributed by atoms with E-state index in [4.69, 9.17) is 9.15 Å². The average molecular weight is 342 g/mol. The maximum atomic E-state index is 12.7. The third-order valence-corrected chi connectivity index (χ3v) is 4.71. The molecule has 0 amide bonds. The van der Waals surface area contributed by atoms with Crippen molar-refractivity contribution in [2.45, 2.75) is 23.6 Å². The summed E-state index contributed by atoms with van der Waals surface area (Å²) in [6, 6.07) is 13.4. The van der Waals surface area contributed by atoms with E-state index in [1.54, 1.807) is 30.3 Å². The van der Waals surface area contributed by atoms with Crippen molar-refractivity contribution in [2.75, 3.05) is 0 Å². The fourth-order valence-corrected chi connectivity index (χ4v) is 3.47. The number of aryl methyl sites for hydroxylation is 1.